The van der Waals surface area contributed by atoms with Gasteiger partial charge in [0.05, 0.1) is 14.9 Å². The topological polar surface area (TPSA) is 89.4 Å². The van der Waals surface area contributed by atoms with Crippen molar-refractivity contribution in [3.05, 3.63) is 0 Å². The van der Waals surface area contributed by atoms with Crippen molar-refractivity contribution in [1.82, 2.24) is 0 Å². The van der Waals surface area contributed by atoms with E-state index in [2.05, 4.69) is 0 Å². The standard InChI is InChI=1S/ClHO4.Mg.2H/c2-1(3,4)5;;;/h(H,2,3,4,5);;;. The minimum Gasteiger partial charge on any atom is -0.183 e. The molecule has 0 spiro atoms. The number of halogens is 1. The zero-order valence-electron chi connectivity index (χ0n) is 2.05. The molecule has 4 nitrogen and oxygen atoms in total. The second-order valence-corrected chi connectivity index (χ2v) is 1.19. The van der Waals surface area contributed by atoms with Crippen LogP contribution in [0.4, 0.5) is 0 Å². The summed E-state index contributed by atoms with van der Waals surface area (Å²) < 4.78 is 32.7. The van der Waals surface area contributed by atoms with Crippen LogP contribution < -0.4 is 14.0 Å². The minimum absolute atomic E-state index is 0. The summed E-state index contributed by atoms with van der Waals surface area (Å²) >= 11 is 0. The van der Waals surface area contributed by atoms with E-state index in [0.717, 1.165) is 0 Å². The fourth-order valence-electron chi connectivity index (χ4n) is 0. The van der Waals surface area contributed by atoms with Gasteiger partial charge in [0.2, 0.25) is 0 Å². The minimum atomic E-state index is -4.69. The molecule has 0 aromatic carbocycles. The van der Waals surface area contributed by atoms with Crippen molar-refractivity contribution in [1.29, 1.82) is 0 Å². The first-order valence-electron chi connectivity index (χ1n) is 0.632. The van der Waals surface area contributed by atoms with Crippen LogP contribution in [0.1, 0.15) is 0 Å². The molecule has 0 rings (SSSR count). The van der Waals surface area contributed by atoms with Gasteiger partial charge in [0.15, 0.2) is 0 Å². The van der Waals surface area contributed by atoms with Crippen LogP contribution in [0.3, 0.4) is 0 Å². The van der Waals surface area contributed by atoms with Crippen LogP contribution in [-0.4, -0.2) is 27.7 Å². The molecule has 0 aliphatic heterocycles. The van der Waals surface area contributed by atoms with Crippen LogP contribution in [0.15, 0.2) is 0 Å². The summed E-state index contributed by atoms with van der Waals surface area (Å²) in [5.41, 5.74) is 0. The fourth-order valence-corrected chi connectivity index (χ4v) is 0. The highest BCUT2D eigenvalue weighted by atomic mass is 35.7. The highest BCUT2D eigenvalue weighted by Crippen LogP contribution is 1.60. The highest BCUT2D eigenvalue weighted by molar-refractivity contribution is 5.75. The zero-order valence-corrected chi connectivity index (χ0v) is 2.81. The van der Waals surface area contributed by atoms with E-state index < -0.39 is 10.2 Å². The summed E-state index contributed by atoms with van der Waals surface area (Å²) in [7, 11) is -4.69. The third kappa shape index (κ3) is 92.5. The molecule has 0 heterocycles. The molecule has 0 saturated heterocycles. The van der Waals surface area contributed by atoms with Crippen molar-refractivity contribution >= 4 is 23.1 Å². The summed E-state index contributed by atoms with van der Waals surface area (Å²) in [6.45, 7) is 0. The Bertz CT molecular complexity index is 23.0. The van der Waals surface area contributed by atoms with Gasteiger partial charge in [-0.3, -0.25) is 0 Å². The Morgan fingerprint density at radius 3 is 1.17 bits per heavy atom. The van der Waals surface area contributed by atoms with Gasteiger partial charge in [-0.15, -0.1) is 0 Å². The smallest absolute Gasteiger partial charge is 0.183 e. The van der Waals surface area contributed by atoms with Gasteiger partial charge in [0.25, 0.3) is 0 Å². The molecule has 0 aliphatic carbocycles. The molecule has 0 atom stereocenters. The molecule has 0 aromatic rings. The van der Waals surface area contributed by atoms with Crippen LogP contribution in [0.2, 0.25) is 0 Å². The molecular weight excluding hydrogens is 124 g/mol. The second kappa shape index (κ2) is 2.97. The van der Waals surface area contributed by atoms with Gasteiger partial charge < -0.3 is 0 Å². The number of hydrogen-bond acceptors (Lipinski definition) is 4. The first-order valence-corrected chi connectivity index (χ1v) is 1.90. The molecular formula is H3ClMgO4. The number of hydrogen-bond donors (Lipinski definition) is 1. The van der Waals surface area contributed by atoms with Crippen LogP contribution in [0.25, 0.3) is 0 Å². The Labute approximate surface area is 52.3 Å². The van der Waals surface area contributed by atoms with Crippen molar-refractivity contribution in [2.24, 2.45) is 0 Å². The van der Waals surface area contributed by atoms with Crippen LogP contribution >= 0.6 is 0 Å². The van der Waals surface area contributed by atoms with Gasteiger partial charge in [-0.05, 0) is 0 Å². The lowest BCUT2D eigenvalue weighted by Crippen LogP contribution is -2.58. The normalized spacial score (nSPS) is 10.0. The third-order valence-corrected chi connectivity index (χ3v) is 0. The average Bonchev–Trinajstić information content (AvgIpc) is 0.722. The summed E-state index contributed by atoms with van der Waals surface area (Å²) in [6.07, 6.45) is 0. The molecule has 36 valence electrons. The molecule has 6 heteroatoms. The van der Waals surface area contributed by atoms with Crippen LogP contribution in [-0.2, 0) is 0 Å². The van der Waals surface area contributed by atoms with E-state index in [4.69, 9.17) is 18.6 Å². The van der Waals surface area contributed by atoms with E-state index in [1.54, 1.807) is 0 Å². The molecule has 0 aromatic heterocycles. The maximum absolute atomic E-state index is 8.60. The number of rotatable bonds is 0. The monoisotopic (exact) mass is 126 g/mol. The Balaban J connectivity index is 0. The molecule has 0 bridgehead atoms. The molecule has 0 amide bonds. The predicted octanol–water partition coefficient (Wildman–Crippen LogP) is -5.04. The van der Waals surface area contributed by atoms with Gasteiger partial charge in [-0.2, -0.15) is 14.0 Å². The van der Waals surface area contributed by atoms with E-state index in [9.17, 15) is 0 Å². The van der Waals surface area contributed by atoms with Gasteiger partial charge in [-0.25, -0.2) is 0 Å². The van der Waals surface area contributed by atoms with E-state index in [1.807, 2.05) is 0 Å². The van der Waals surface area contributed by atoms with Crippen molar-refractivity contribution in [2.75, 3.05) is 0 Å². The van der Waals surface area contributed by atoms with Gasteiger partial charge in [-0.1, -0.05) is 0 Å². The second-order valence-electron chi connectivity index (χ2n) is 0.396. The van der Waals surface area contributed by atoms with Crippen molar-refractivity contribution in [2.45, 2.75) is 0 Å². The SMILES string of the molecule is [MgH2].[O-][Cl+3]([O-])([O-])O. The summed E-state index contributed by atoms with van der Waals surface area (Å²) in [5, 5.41) is 0. The molecule has 1 N–H and O–H groups in total. The lowest BCUT2D eigenvalue weighted by molar-refractivity contribution is -1.92. The lowest BCUT2D eigenvalue weighted by Gasteiger charge is -2.03. The van der Waals surface area contributed by atoms with Gasteiger partial charge >= 0.3 is 23.1 Å². The van der Waals surface area contributed by atoms with E-state index in [0.29, 0.717) is 0 Å². The Hall–Kier alpha value is 0.896. The zero-order chi connectivity index (χ0) is 4.50. The Kier molecular flexibility index (Phi) is 4.95. The van der Waals surface area contributed by atoms with Crippen molar-refractivity contribution in [3.8, 4) is 0 Å². The molecule has 0 radical (unpaired) electrons. The summed E-state index contributed by atoms with van der Waals surface area (Å²) in [6, 6.07) is 0. The van der Waals surface area contributed by atoms with Gasteiger partial charge in [0, 0.05) is 0 Å². The molecule has 0 aliphatic rings. The van der Waals surface area contributed by atoms with E-state index >= 15 is 0 Å². The van der Waals surface area contributed by atoms with Crippen molar-refractivity contribution in [3.63, 3.8) is 0 Å². The Morgan fingerprint density at radius 2 is 1.17 bits per heavy atom. The summed E-state index contributed by atoms with van der Waals surface area (Å²) in [4.78, 5) is 0. The maximum atomic E-state index is 8.60. The van der Waals surface area contributed by atoms with E-state index in [1.165, 1.54) is 0 Å². The Morgan fingerprint density at radius 1 is 1.17 bits per heavy atom. The maximum Gasteiger partial charge on any atom is 0.316 e. The largest absolute Gasteiger partial charge is 0.316 e. The molecule has 6 heavy (non-hydrogen) atoms. The lowest BCUT2D eigenvalue weighted by atomic mass is 15.8. The first kappa shape index (κ1) is 10.0. The van der Waals surface area contributed by atoms with Crippen molar-refractivity contribution < 1.29 is 28.9 Å². The fraction of sp³-hybridized carbons (Fsp3) is 0. The highest BCUT2D eigenvalue weighted by Gasteiger charge is 1.98. The predicted molar refractivity (Wildman–Crippen MR) is 10.8 cm³/mol. The molecule has 0 saturated carbocycles. The quantitative estimate of drug-likeness (QED) is 0.329. The van der Waals surface area contributed by atoms with Crippen LogP contribution in [0, 0.1) is 10.2 Å². The summed E-state index contributed by atoms with van der Waals surface area (Å²) in [5.74, 6) is 0. The molecule has 0 fully saturated rings. The third-order valence-electron chi connectivity index (χ3n) is 0. The molecule has 0 unspecified atom stereocenters. The average molecular weight is 127 g/mol. The van der Waals surface area contributed by atoms with E-state index in [-0.39, 0.29) is 23.1 Å². The van der Waals surface area contributed by atoms with Crippen LogP contribution in [0.5, 0.6) is 0 Å². The first-order chi connectivity index (χ1) is 2.00. The van der Waals surface area contributed by atoms with Gasteiger partial charge in [0.1, 0.15) is 0 Å².